The molecular formula is C22H24N6O3. The molecule has 0 radical (unpaired) electrons. The third-order valence-electron chi connectivity index (χ3n) is 5.57. The number of nitrogens with one attached hydrogen (secondary N) is 3. The summed E-state index contributed by atoms with van der Waals surface area (Å²) in [7, 11) is 1.80. The Balaban J connectivity index is 1.72. The second-order valence-electron chi connectivity index (χ2n) is 8.23. The molecule has 1 aliphatic rings. The highest BCUT2D eigenvalue weighted by molar-refractivity contribution is 6.13. The lowest BCUT2D eigenvalue weighted by Gasteiger charge is -2.21. The summed E-state index contributed by atoms with van der Waals surface area (Å²) < 4.78 is 1.68. The average molecular weight is 420 g/mol. The van der Waals surface area contributed by atoms with Gasteiger partial charge in [-0.05, 0) is 43.5 Å². The second-order valence-corrected chi connectivity index (χ2v) is 8.23. The molecule has 3 N–H and O–H groups in total. The maximum Gasteiger partial charge on any atom is 0.322 e. The molecule has 31 heavy (non-hydrogen) atoms. The lowest BCUT2D eigenvalue weighted by atomic mass is 9.92. The van der Waals surface area contributed by atoms with E-state index in [0.29, 0.717) is 27.8 Å². The predicted octanol–water partition coefficient (Wildman–Crippen LogP) is 2.71. The van der Waals surface area contributed by atoms with Crippen molar-refractivity contribution in [2.75, 3.05) is 5.32 Å². The van der Waals surface area contributed by atoms with Crippen LogP contribution in [0.4, 0.5) is 10.5 Å². The summed E-state index contributed by atoms with van der Waals surface area (Å²) in [4.78, 5) is 41.8. The Bertz CT molecular complexity index is 1250. The molecule has 1 fully saturated rings. The molecule has 160 valence electrons. The number of carbonyl (C=O) groups excluding carboxylic acids is 3. The maximum atomic E-state index is 13.3. The SMILES string of the molecule is Cc1nn(C)c2nc(C(C)C)cc(C(=O)Nc3cccc([C@@]4(C)NC(=O)NC4=O)c3)c12. The number of hydrogen-bond donors (Lipinski definition) is 3. The lowest BCUT2D eigenvalue weighted by Crippen LogP contribution is -2.40. The van der Waals surface area contributed by atoms with Crippen LogP contribution in [0.5, 0.6) is 0 Å². The van der Waals surface area contributed by atoms with Gasteiger partial charge in [-0.15, -0.1) is 0 Å². The Hall–Kier alpha value is -3.75. The quantitative estimate of drug-likeness (QED) is 0.561. The van der Waals surface area contributed by atoms with E-state index in [2.05, 4.69) is 26.0 Å². The average Bonchev–Trinajstić information content (AvgIpc) is 3.15. The van der Waals surface area contributed by atoms with Crippen molar-refractivity contribution < 1.29 is 14.4 Å². The first-order valence-corrected chi connectivity index (χ1v) is 10.00. The van der Waals surface area contributed by atoms with Gasteiger partial charge in [0.05, 0.1) is 16.6 Å². The van der Waals surface area contributed by atoms with Gasteiger partial charge < -0.3 is 10.6 Å². The first kappa shape index (κ1) is 20.5. The van der Waals surface area contributed by atoms with E-state index in [4.69, 9.17) is 0 Å². The van der Waals surface area contributed by atoms with Crippen molar-refractivity contribution in [3.05, 3.63) is 52.8 Å². The Morgan fingerprint density at radius 2 is 1.97 bits per heavy atom. The van der Waals surface area contributed by atoms with Gasteiger partial charge in [0, 0.05) is 18.4 Å². The van der Waals surface area contributed by atoms with E-state index in [1.54, 1.807) is 49.0 Å². The molecule has 3 heterocycles. The van der Waals surface area contributed by atoms with Crippen molar-refractivity contribution in [3.8, 4) is 0 Å². The van der Waals surface area contributed by atoms with E-state index in [0.717, 1.165) is 11.4 Å². The van der Waals surface area contributed by atoms with E-state index in [1.165, 1.54) is 0 Å². The highest BCUT2D eigenvalue weighted by Crippen LogP contribution is 2.28. The van der Waals surface area contributed by atoms with Gasteiger partial charge in [0.1, 0.15) is 5.54 Å². The number of aryl methyl sites for hydroxylation is 2. The highest BCUT2D eigenvalue weighted by Gasteiger charge is 2.43. The van der Waals surface area contributed by atoms with Gasteiger partial charge in [0.2, 0.25) is 0 Å². The maximum absolute atomic E-state index is 13.3. The van der Waals surface area contributed by atoms with Crippen LogP contribution >= 0.6 is 0 Å². The molecule has 0 aliphatic carbocycles. The van der Waals surface area contributed by atoms with E-state index in [9.17, 15) is 14.4 Å². The molecule has 1 aliphatic heterocycles. The number of carbonyl (C=O) groups is 3. The minimum absolute atomic E-state index is 0.138. The van der Waals surface area contributed by atoms with Crippen molar-refractivity contribution in [1.29, 1.82) is 0 Å². The van der Waals surface area contributed by atoms with Crippen molar-refractivity contribution in [1.82, 2.24) is 25.4 Å². The number of imide groups is 1. The molecule has 4 rings (SSSR count). The van der Waals surface area contributed by atoms with E-state index >= 15 is 0 Å². The summed E-state index contributed by atoms with van der Waals surface area (Å²) in [5.74, 6) is -0.601. The predicted molar refractivity (Wildman–Crippen MR) is 116 cm³/mol. The van der Waals surface area contributed by atoms with Crippen molar-refractivity contribution >= 4 is 34.6 Å². The number of urea groups is 1. The fourth-order valence-electron chi connectivity index (χ4n) is 3.79. The Morgan fingerprint density at radius 3 is 2.61 bits per heavy atom. The van der Waals surface area contributed by atoms with Gasteiger partial charge in [-0.2, -0.15) is 5.10 Å². The van der Waals surface area contributed by atoms with Gasteiger partial charge in [0.15, 0.2) is 5.65 Å². The Kier molecular flexibility index (Phi) is 4.76. The minimum Gasteiger partial charge on any atom is -0.322 e. The van der Waals surface area contributed by atoms with Crippen LogP contribution in [-0.4, -0.2) is 32.6 Å². The topological polar surface area (TPSA) is 118 Å². The van der Waals surface area contributed by atoms with Crippen LogP contribution in [0.15, 0.2) is 30.3 Å². The summed E-state index contributed by atoms with van der Waals surface area (Å²) >= 11 is 0. The van der Waals surface area contributed by atoms with Gasteiger partial charge in [0.25, 0.3) is 11.8 Å². The van der Waals surface area contributed by atoms with Crippen LogP contribution < -0.4 is 16.0 Å². The lowest BCUT2D eigenvalue weighted by molar-refractivity contribution is -0.123. The van der Waals surface area contributed by atoms with Gasteiger partial charge >= 0.3 is 6.03 Å². The zero-order valence-corrected chi connectivity index (χ0v) is 18.0. The molecule has 9 nitrogen and oxygen atoms in total. The molecule has 0 unspecified atom stereocenters. The van der Waals surface area contributed by atoms with Crippen LogP contribution in [-0.2, 0) is 17.4 Å². The van der Waals surface area contributed by atoms with Crippen molar-refractivity contribution in [2.24, 2.45) is 7.05 Å². The molecule has 1 atom stereocenters. The first-order chi connectivity index (χ1) is 14.6. The molecule has 1 saturated heterocycles. The summed E-state index contributed by atoms with van der Waals surface area (Å²) in [5, 5.41) is 12.9. The molecule has 2 aromatic heterocycles. The third kappa shape index (κ3) is 3.41. The normalized spacial score (nSPS) is 18.4. The van der Waals surface area contributed by atoms with Crippen molar-refractivity contribution in [2.45, 2.75) is 39.2 Å². The number of benzene rings is 1. The minimum atomic E-state index is -1.20. The van der Waals surface area contributed by atoms with Crippen LogP contribution in [0, 0.1) is 6.92 Å². The summed E-state index contributed by atoms with van der Waals surface area (Å²) in [5.41, 5.74) is 2.53. The summed E-state index contributed by atoms with van der Waals surface area (Å²) in [6.45, 7) is 7.50. The molecule has 1 aromatic carbocycles. The van der Waals surface area contributed by atoms with E-state index in [1.807, 2.05) is 20.8 Å². The second kappa shape index (κ2) is 7.19. The zero-order chi connectivity index (χ0) is 22.5. The molecule has 0 saturated carbocycles. The highest BCUT2D eigenvalue weighted by atomic mass is 16.2. The smallest absolute Gasteiger partial charge is 0.322 e. The fourth-order valence-corrected chi connectivity index (χ4v) is 3.79. The molecule has 0 spiro atoms. The number of aromatic nitrogens is 3. The Morgan fingerprint density at radius 1 is 1.23 bits per heavy atom. The first-order valence-electron chi connectivity index (χ1n) is 10.00. The molecular weight excluding hydrogens is 396 g/mol. The summed E-state index contributed by atoms with van der Waals surface area (Å²) in [6, 6.07) is 8.12. The number of pyridine rings is 1. The standard InChI is InChI=1S/C22H24N6O3/c1-11(2)16-10-15(17-12(3)27-28(5)18(17)24-16)19(29)23-14-8-6-7-13(9-14)22(4)20(30)25-21(31)26-22/h6-11H,1-5H3,(H,23,29)(H2,25,26,30,31)/t22-/m1/s1. The van der Waals surface area contributed by atoms with Crippen LogP contribution in [0.1, 0.15) is 54.0 Å². The van der Waals surface area contributed by atoms with E-state index < -0.39 is 17.5 Å². The molecule has 9 heteroatoms. The summed E-state index contributed by atoms with van der Waals surface area (Å²) in [6.07, 6.45) is 0. The molecule has 4 amide bonds. The van der Waals surface area contributed by atoms with Gasteiger partial charge in [-0.1, -0.05) is 26.0 Å². The van der Waals surface area contributed by atoms with Crippen molar-refractivity contribution in [3.63, 3.8) is 0 Å². The van der Waals surface area contributed by atoms with Crippen LogP contribution in [0.3, 0.4) is 0 Å². The molecule has 0 bridgehead atoms. The van der Waals surface area contributed by atoms with Gasteiger partial charge in [-0.3, -0.25) is 19.6 Å². The number of amides is 4. The Labute approximate surface area is 179 Å². The van der Waals surface area contributed by atoms with Crippen LogP contribution in [0.25, 0.3) is 11.0 Å². The number of fused-ring (bicyclic) bond motifs is 1. The number of anilines is 1. The largest absolute Gasteiger partial charge is 0.322 e. The zero-order valence-electron chi connectivity index (χ0n) is 18.0. The van der Waals surface area contributed by atoms with Gasteiger partial charge in [-0.25, -0.2) is 9.78 Å². The number of rotatable bonds is 4. The van der Waals surface area contributed by atoms with E-state index in [-0.39, 0.29) is 11.8 Å². The number of hydrogen-bond acceptors (Lipinski definition) is 5. The van der Waals surface area contributed by atoms with Crippen LogP contribution in [0.2, 0.25) is 0 Å². The fraction of sp³-hybridized carbons (Fsp3) is 0.318. The molecule has 3 aromatic rings. The monoisotopic (exact) mass is 420 g/mol. The number of nitrogens with zero attached hydrogens (tertiary/aromatic N) is 3. The third-order valence-corrected chi connectivity index (χ3v) is 5.57.